The number of halogens is 1. The quantitative estimate of drug-likeness (QED) is 0.735. The second-order valence-corrected chi connectivity index (χ2v) is 7.92. The molecule has 0 unspecified atom stereocenters. The van der Waals surface area contributed by atoms with Gasteiger partial charge >= 0.3 is 0 Å². The predicted octanol–water partition coefficient (Wildman–Crippen LogP) is 4.44. The standard InChI is InChI=1S/C20H20FN3O3/c1-19(2,3)15-11-17(27-23-15)22-18(25)20(8-9-20)16-10-14(26-24-16)12-6-4-5-7-13(12)21/h4-7,10-11H,8-9H2,1-3H3,(H,22,25). The van der Waals surface area contributed by atoms with Gasteiger partial charge in [-0.1, -0.05) is 43.2 Å². The third kappa shape index (κ3) is 3.13. The van der Waals surface area contributed by atoms with Crippen LogP contribution in [-0.2, 0) is 15.6 Å². The Kier molecular flexibility index (Phi) is 3.91. The number of rotatable bonds is 4. The number of carbonyl (C=O) groups excluding carboxylic acids is 1. The highest BCUT2D eigenvalue weighted by molar-refractivity contribution is 6.00. The molecule has 140 valence electrons. The van der Waals surface area contributed by atoms with Crippen molar-refractivity contribution >= 4 is 11.8 Å². The van der Waals surface area contributed by atoms with Gasteiger partial charge in [-0.15, -0.1) is 0 Å². The molecule has 0 bridgehead atoms. The van der Waals surface area contributed by atoms with Crippen LogP contribution in [-0.4, -0.2) is 16.2 Å². The van der Waals surface area contributed by atoms with Gasteiger partial charge in [-0.3, -0.25) is 10.1 Å². The number of benzene rings is 1. The Morgan fingerprint density at radius 2 is 1.89 bits per heavy atom. The molecule has 7 heteroatoms. The van der Waals surface area contributed by atoms with E-state index in [2.05, 4.69) is 15.6 Å². The number of amides is 1. The van der Waals surface area contributed by atoms with E-state index in [0.717, 1.165) is 5.69 Å². The van der Waals surface area contributed by atoms with Gasteiger partial charge < -0.3 is 9.05 Å². The summed E-state index contributed by atoms with van der Waals surface area (Å²) in [5.41, 5.74) is 0.615. The van der Waals surface area contributed by atoms with Crippen molar-refractivity contribution in [2.24, 2.45) is 0 Å². The number of aromatic nitrogens is 2. The van der Waals surface area contributed by atoms with E-state index >= 15 is 0 Å². The number of nitrogens with one attached hydrogen (secondary N) is 1. The summed E-state index contributed by atoms with van der Waals surface area (Å²) in [5, 5.41) is 10.8. The summed E-state index contributed by atoms with van der Waals surface area (Å²) in [6, 6.07) is 9.65. The van der Waals surface area contributed by atoms with Gasteiger partial charge in [0.2, 0.25) is 11.8 Å². The van der Waals surface area contributed by atoms with E-state index < -0.39 is 11.2 Å². The average Bonchev–Trinajstić information content (AvgIpc) is 3.04. The van der Waals surface area contributed by atoms with E-state index in [1.54, 1.807) is 30.3 Å². The Morgan fingerprint density at radius 1 is 1.15 bits per heavy atom. The Hall–Kier alpha value is -2.96. The minimum atomic E-state index is -0.776. The topological polar surface area (TPSA) is 81.2 Å². The Morgan fingerprint density at radius 3 is 2.52 bits per heavy atom. The lowest BCUT2D eigenvalue weighted by Crippen LogP contribution is -2.28. The predicted molar refractivity (Wildman–Crippen MR) is 96.6 cm³/mol. The van der Waals surface area contributed by atoms with Crippen LogP contribution in [0.15, 0.2) is 45.4 Å². The number of carbonyl (C=O) groups is 1. The van der Waals surface area contributed by atoms with Crippen molar-refractivity contribution in [1.29, 1.82) is 0 Å². The molecule has 3 aromatic rings. The lowest BCUT2D eigenvalue weighted by Gasteiger charge is -2.12. The monoisotopic (exact) mass is 369 g/mol. The maximum Gasteiger partial charge on any atom is 0.239 e. The Labute approximate surface area is 155 Å². The van der Waals surface area contributed by atoms with Gasteiger partial charge in [0.15, 0.2) is 5.76 Å². The summed E-state index contributed by atoms with van der Waals surface area (Å²) in [4.78, 5) is 12.8. The van der Waals surface area contributed by atoms with E-state index in [9.17, 15) is 9.18 Å². The molecule has 2 aromatic heterocycles. The summed E-state index contributed by atoms with van der Waals surface area (Å²) >= 11 is 0. The zero-order valence-electron chi connectivity index (χ0n) is 15.4. The van der Waals surface area contributed by atoms with Crippen molar-refractivity contribution < 1.29 is 18.2 Å². The first-order valence-electron chi connectivity index (χ1n) is 8.80. The maximum atomic E-state index is 14.0. The van der Waals surface area contributed by atoms with Crippen molar-refractivity contribution in [3.8, 4) is 11.3 Å². The fraction of sp³-hybridized carbons (Fsp3) is 0.350. The first-order valence-corrected chi connectivity index (χ1v) is 8.80. The molecule has 2 heterocycles. The molecule has 1 aliphatic carbocycles. The van der Waals surface area contributed by atoms with Gasteiger partial charge in [-0.05, 0) is 25.0 Å². The lowest BCUT2D eigenvalue weighted by atomic mass is 9.92. The highest BCUT2D eigenvalue weighted by Crippen LogP contribution is 2.49. The summed E-state index contributed by atoms with van der Waals surface area (Å²) < 4.78 is 24.5. The van der Waals surface area contributed by atoms with E-state index in [4.69, 9.17) is 9.05 Å². The molecule has 27 heavy (non-hydrogen) atoms. The van der Waals surface area contributed by atoms with Crippen LogP contribution in [0.1, 0.15) is 45.0 Å². The minimum Gasteiger partial charge on any atom is -0.356 e. The molecule has 6 nitrogen and oxygen atoms in total. The summed E-state index contributed by atoms with van der Waals surface area (Å²) in [7, 11) is 0. The summed E-state index contributed by atoms with van der Waals surface area (Å²) in [6.45, 7) is 6.04. The minimum absolute atomic E-state index is 0.176. The van der Waals surface area contributed by atoms with Gasteiger partial charge in [0.1, 0.15) is 5.82 Å². The van der Waals surface area contributed by atoms with Gasteiger partial charge in [0.25, 0.3) is 0 Å². The molecule has 0 aliphatic heterocycles. The molecule has 1 saturated carbocycles. The van der Waals surface area contributed by atoms with Crippen LogP contribution in [0.5, 0.6) is 0 Å². The summed E-state index contributed by atoms with van der Waals surface area (Å²) in [5.74, 6) is -0.0238. The normalized spacial score (nSPS) is 15.6. The molecule has 1 aliphatic rings. The highest BCUT2D eigenvalue weighted by atomic mass is 19.1. The largest absolute Gasteiger partial charge is 0.356 e. The molecule has 1 amide bonds. The molecule has 0 radical (unpaired) electrons. The van der Waals surface area contributed by atoms with Gasteiger partial charge in [0, 0.05) is 17.5 Å². The molecule has 0 saturated heterocycles. The van der Waals surface area contributed by atoms with Gasteiger partial charge in [-0.25, -0.2) is 4.39 Å². The van der Waals surface area contributed by atoms with Crippen LogP contribution in [0.25, 0.3) is 11.3 Å². The molecule has 1 N–H and O–H groups in total. The lowest BCUT2D eigenvalue weighted by molar-refractivity contribution is -0.118. The van der Waals surface area contributed by atoms with E-state index in [0.29, 0.717) is 35.7 Å². The van der Waals surface area contributed by atoms with Crippen molar-refractivity contribution in [2.75, 3.05) is 5.32 Å². The number of hydrogen-bond donors (Lipinski definition) is 1. The van der Waals surface area contributed by atoms with Crippen LogP contribution >= 0.6 is 0 Å². The number of hydrogen-bond acceptors (Lipinski definition) is 5. The second kappa shape index (κ2) is 6.04. The zero-order chi connectivity index (χ0) is 19.2. The van der Waals surface area contributed by atoms with Crippen LogP contribution in [0.4, 0.5) is 10.3 Å². The van der Waals surface area contributed by atoms with Crippen molar-refractivity contribution in [2.45, 2.75) is 44.4 Å². The zero-order valence-corrected chi connectivity index (χ0v) is 15.4. The van der Waals surface area contributed by atoms with Gasteiger partial charge in [0.05, 0.1) is 22.4 Å². The SMILES string of the molecule is CC(C)(C)c1cc(NC(=O)C2(c3cc(-c4ccccc4F)on3)CC2)on1. The van der Waals surface area contributed by atoms with Gasteiger partial charge in [-0.2, -0.15) is 0 Å². The first-order chi connectivity index (χ1) is 12.8. The molecular formula is C20H20FN3O3. The van der Waals surface area contributed by atoms with Crippen molar-refractivity contribution in [3.05, 3.63) is 53.6 Å². The molecule has 0 spiro atoms. The fourth-order valence-corrected chi connectivity index (χ4v) is 2.93. The van der Waals surface area contributed by atoms with E-state index in [-0.39, 0.29) is 11.3 Å². The average molecular weight is 369 g/mol. The number of nitrogens with zero attached hydrogens (tertiary/aromatic N) is 2. The molecule has 1 fully saturated rings. The third-order valence-electron chi connectivity index (χ3n) is 4.84. The van der Waals surface area contributed by atoms with Crippen LogP contribution in [0.3, 0.4) is 0 Å². The molecule has 4 rings (SSSR count). The van der Waals surface area contributed by atoms with E-state index in [1.165, 1.54) is 6.07 Å². The van der Waals surface area contributed by atoms with Crippen LogP contribution in [0.2, 0.25) is 0 Å². The van der Waals surface area contributed by atoms with Crippen LogP contribution < -0.4 is 5.32 Å². The Bertz CT molecular complexity index is 996. The van der Waals surface area contributed by atoms with Crippen molar-refractivity contribution in [3.63, 3.8) is 0 Å². The highest BCUT2D eigenvalue weighted by Gasteiger charge is 2.54. The Balaban J connectivity index is 1.55. The van der Waals surface area contributed by atoms with Crippen LogP contribution in [0, 0.1) is 5.82 Å². The number of anilines is 1. The second-order valence-electron chi connectivity index (χ2n) is 7.92. The van der Waals surface area contributed by atoms with E-state index in [1.807, 2.05) is 20.8 Å². The molecule has 0 atom stereocenters. The maximum absolute atomic E-state index is 14.0. The van der Waals surface area contributed by atoms with Crippen molar-refractivity contribution in [1.82, 2.24) is 10.3 Å². The fourth-order valence-electron chi connectivity index (χ4n) is 2.93. The molecular weight excluding hydrogens is 349 g/mol. The first kappa shape index (κ1) is 17.5. The third-order valence-corrected chi connectivity index (χ3v) is 4.84. The molecule has 1 aromatic carbocycles. The summed E-state index contributed by atoms with van der Waals surface area (Å²) in [6.07, 6.45) is 1.28. The smallest absolute Gasteiger partial charge is 0.239 e.